The van der Waals surface area contributed by atoms with Gasteiger partial charge in [-0.05, 0) is 66.6 Å². The van der Waals surface area contributed by atoms with Crippen LogP contribution in [-0.2, 0) is 36.5 Å². The van der Waals surface area contributed by atoms with Crippen LogP contribution in [0.15, 0.2) is 36.4 Å². The molecule has 0 bridgehead atoms. The standard InChI is InChI=1S/C26H27F6NO3/c1-15(24(34)35)9-16-5-6-17-3-2-4-22(36-23(17)10-16)19-13-33(14-19)12-18-11-20(25(27,28)29)7-8-21(18)26(30,31)32/h5-8,10-11,15,19,22H,2-4,9,12-14H2,1H3,(H,34,35)/t15-,22?/m0/s1. The van der Waals surface area contributed by atoms with Crippen molar-refractivity contribution in [1.82, 2.24) is 4.90 Å². The van der Waals surface area contributed by atoms with Gasteiger partial charge in [0.2, 0.25) is 0 Å². The van der Waals surface area contributed by atoms with Crippen molar-refractivity contribution >= 4 is 5.97 Å². The number of aryl methyl sites for hydroxylation is 1. The molecule has 0 aromatic heterocycles. The van der Waals surface area contributed by atoms with Crippen LogP contribution in [0, 0.1) is 11.8 Å². The minimum Gasteiger partial charge on any atom is -0.490 e. The molecule has 2 aromatic rings. The molecule has 0 saturated carbocycles. The zero-order valence-corrected chi connectivity index (χ0v) is 19.6. The molecule has 1 N–H and O–H groups in total. The molecule has 10 heteroatoms. The number of carboxylic acids is 1. The maximum atomic E-state index is 13.4. The Morgan fingerprint density at radius 2 is 1.81 bits per heavy atom. The fraction of sp³-hybridized carbons (Fsp3) is 0.500. The summed E-state index contributed by atoms with van der Waals surface area (Å²) in [6, 6.07) is 7.27. The average Bonchev–Trinajstić information content (AvgIpc) is 2.96. The highest BCUT2D eigenvalue weighted by atomic mass is 19.4. The van der Waals surface area contributed by atoms with Gasteiger partial charge in [-0.25, -0.2) is 0 Å². The van der Waals surface area contributed by atoms with Gasteiger partial charge in [0.05, 0.1) is 17.0 Å². The highest BCUT2D eigenvalue weighted by Gasteiger charge is 2.40. The summed E-state index contributed by atoms with van der Waals surface area (Å²) in [4.78, 5) is 12.9. The van der Waals surface area contributed by atoms with Crippen LogP contribution in [0.25, 0.3) is 0 Å². The summed E-state index contributed by atoms with van der Waals surface area (Å²) in [5, 5.41) is 9.17. The Morgan fingerprint density at radius 1 is 1.08 bits per heavy atom. The van der Waals surface area contributed by atoms with Crippen LogP contribution in [0.5, 0.6) is 5.75 Å². The Labute approximate surface area is 204 Å². The van der Waals surface area contributed by atoms with Crippen molar-refractivity contribution in [3.63, 3.8) is 0 Å². The predicted octanol–water partition coefficient (Wildman–Crippen LogP) is 6.20. The second-order valence-electron chi connectivity index (χ2n) is 9.76. The van der Waals surface area contributed by atoms with E-state index in [-0.39, 0.29) is 24.1 Å². The molecule has 0 radical (unpaired) electrons. The third-order valence-corrected chi connectivity index (χ3v) is 6.95. The quantitative estimate of drug-likeness (QED) is 0.466. The first-order valence-corrected chi connectivity index (χ1v) is 11.8. The van der Waals surface area contributed by atoms with Crippen molar-refractivity contribution in [1.29, 1.82) is 0 Å². The number of nitrogens with zero attached hydrogens (tertiary/aromatic N) is 1. The Hall–Kier alpha value is -2.75. The molecule has 196 valence electrons. The minimum atomic E-state index is -4.74. The van der Waals surface area contributed by atoms with Crippen molar-refractivity contribution in [2.24, 2.45) is 11.8 Å². The smallest absolute Gasteiger partial charge is 0.416 e. The topological polar surface area (TPSA) is 49.8 Å². The van der Waals surface area contributed by atoms with Gasteiger partial charge in [-0.3, -0.25) is 9.69 Å². The minimum absolute atomic E-state index is 0.0395. The summed E-state index contributed by atoms with van der Waals surface area (Å²) in [7, 11) is 0. The number of ether oxygens (including phenoxy) is 1. The van der Waals surface area contributed by atoms with Crippen molar-refractivity contribution in [2.75, 3.05) is 13.1 Å². The fourth-order valence-electron chi connectivity index (χ4n) is 4.92. The number of carbonyl (C=O) groups is 1. The molecule has 4 rings (SSSR count). The van der Waals surface area contributed by atoms with E-state index in [9.17, 15) is 36.2 Å². The van der Waals surface area contributed by atoms with E-state index in [1.54, 1.807) is 11.8 Å². The molecule has 1 fully saturated rings. The van der Waals surface area contributed by atoms with Crippen molar-refractivity contribution in [3.8, 4) is 5.75 Å². The molecule has 36 heavy (non-hydrogen) atoms. The largest absolute Gasteiger partial charge is 0.490 e. The summed E-state index contributed by atoms with van der Waals surface area (Å²) in [6.45, 7) is 2.25. The Balaban J connectivity index is 1.43. The number of rotatable bonds is 6. The van der Waals surface area contributed by atoms with Crippen LogP contribution in [0.2, 0.25) is 0 Å². The van der Waals surface area contributed by atoms with Crippen LogP contribution >= 0.6 is 0 Å². The number of halogens is 6. The van der Waals surface area contributed by atoms with E-state index in [0.29, 0.717) is 43.5 Å². The number of fused-ring (bicyclic) bond motifs is 1. The molecular formula is C26H27F6NO3. The molecule has 2 aliphatic rings. The molecule has 1 saturated heterocycles. The molecule has 0 spiro atoms. The van der Waals surface area contributed by atoms with Crippen LogP contribution in [-0.4, -0.2) is 35.2 Å². The first kappa shape index (κ1) is 26.3. The van der Waals surface area contributed by atoms with Crippen molar-refractivity contribution in [3.05, 3.63) is 64.2 Å². The van der Waals surface area contributed by atoms with Crippen LogP contribution in [0.4, 0.5) is 26.3 Å². The number of aliphatic carboxylic acids is 1. The van der Waals surface area contributed by atoms with Gasteiger partial charge < -0.3 is 9.84 Å². The van der Waals surface area contributed by atoms with Gasteiger partial charge in [0, 0.05) is 25.6 Å². The van der Waals surface area contributed by atoms with Gasteiger partial charge in [0.25, 0.3) is 0 Å². The summed E-state index contributed by atoms with van der Waals surface area (Å²) < 4.78 is 85.8. The molecule has 1 unspecified atom stereocenters. The number of carboxylic acid groups (broad SMARTS) is 1. The van der Waals surface area contributed by atoms with Crippen LogP contribution < -0.4 is 4.74 Å². The maximum absolute atomic E-state index is 13.4. The van der Waals surface area contributed by atoms with E-state index in [1.165, 1.54) is 0 Å². The van der Waals surface area contributed by atoms with Gasteiger partial charge in [-0.2, -0.15) is 26.3 Å². The number of likely N-dealkylation sites (tertiary alicyclic amines) is 1. The first-order valence-electron chi connectivity index (χ1n) is 11.8. The van der Waals surface area contributed by atoms with Gasteiger partial charge in [0.1, 0.15) is 11.9 Å². The van der Waals surface area contributed by atoms with Gasteiger partial charge in [-0.15, -0.1) is 0 Å². The normalized spacial score (nSPS) is 20.1. The Morgan fingerprint density at radius 3 is 2.44 bits per heavy atom. The van der Waals surface area contributed by atoms with Crippen molar-refractivity contribution in [2.45, 2.75) is 57.6 Å². The van der Waals surface area contributed by atoms with Gasteiger partial charge >= 0.3 is 18.3 Å². The lowest BCUT2D eigenvalue weighted by Crippen LogP contribution is -2.52. The van der Waals surface area contributed by atoms with Crippen LogP contribution in [0.1, 0.15) is 47.6 Å². The van der Waals surface area contributed by atoms with E-state index in [0.717, 1.165) is 30.4 Å². The number of hydrogen-bond donors (Lipinski definition) is 1. The molecule has 2 aromatic carbocycles. The van der Waals surface area contributed by atoms with Gasteiger partial charge in [-0.1, -0.05) is 19.1 Å². The van der Waals surface area contributed by atoms with Crippen LogP contribution in [0.3, 0.4) is 0 Å². The van der Waals surface area contributed by atoms with E-state index in [4.69, 9.17) is 4.74 Å². The van der Waals surface area contributed by atoms with Crippen molar-refractivity contribution < 1.29 is 41.0 Å². The second-order valence-corrected chi connectivity index (χ2v) is 9.76. The number of alkyl halides is 6. The summed E-state index contributed by atoms with van der Waals surface area (Å²) >= 11 is 0. The van der Waals surface area contributed by atoms with Gasteiger partial charge in [0.15, 0.2) is 0 Å². The fourth-order valence-corrected chi connectivity index (χ4v) is 4.92. The number of benzene rings is 2. The lowest BCUT2D eigenvalue weighted by molar-refractivity contribution is -0.142. The second kappa shape index (κ2) is 9.95. The zero-order valence-electron chi connectivity index (χ0n) is 19.6. The van der Waals surface area contributed by atoms with E-state index in [1.807, 2.05) is 18.2 Å². The Kier molecular flexibility index (Phi) is 7.28. The molecule has 4 nitrogen and oxygen atoms in total. The highest BCUT2D eigenvalue weighted by Crippen LogP contribution is 2.39. The Bertz CT molecular complexity index is 1110. The molecular weight excluding hydrogens is 488 g/mol. The molecule has 0 aliphatic carbocycles. The third-order valence-electron chi connectivity index (χ3n) is 6.95. The molecule has 2 atom stereocenters. The summed E-state index contributed by atoms with van der Waals surface area (Å²) in [5.41, 5.74) is -0.663. The number of hydrogen-bond acceptors (Lipinski definition) is 3. The SMILES string of the molecule is C[C@@H](Cc1ccc2c(c1)OC(C1CN(Cc3cc(C(F)(F)F)ccc3C(F)(F)F)C1)CCC2)C(=O)O. The first-order chi connectivity index (χ1) is 16.8. The van der Waals surface area contributed by atoms with E-state index in [2.05, 4.69) is 0 Å². The molecule has 2 heterocycles. The predicted molar refractivity (Wildman–Crippen MR) is 120 cm³/mol. The summed E-state index contributed by atoms with van der Waals surface area (Å²) in [6.07, 6.45) is -6.84. The average molecular weight is 515 g/mol. The molecule has 2 aliphatic heterocycles. The molecule has 0 amide bonds. The van der Waals surface area contributed by atoms with E-state index < -0.39 is 35.4 Å². The third kappa shape index (κ3) is 5.96. The highest BCUT2D eigenvalue weighted by molar-refractivity contribution is 5.70. The van der Waals surface area contributed by atoms with E-state index >= 15 is 0 Å². The zero-order chi connectivity index (χ0) is 26.3. The lowest BCUT2D eigenvalue weighted by atomic mass is 9.89. The lowest BCUT2D eigenvalue weighted by Gasteiger charge is -2.43. The maximum Gasteiger partial charge on any atom is 0.416 e. The monoisotopic (exact) mass is 515 g/mol. The summed E-state index contributed by atoms with van der Waals surface area (Å²) in [5.74, 6) is -0.684.